The number of amides is 1. The molecule has 1 amide bonds. The van der Waals surface area contributed by atoms with Crippen molar-refractivity contribution in [3.63, 3.8) is 0 Å². The fourth-order valence-corrected chi connectivity index (χ4v) is 2.73. The third kappa shape index (κ3) is 2.81. The zero-order valence-electron chi connectivity index (χ0n) is 11.4. The Balaban J connectivity index is 1.88. The van der Waals surface area contributed by atoms with Gasteiger partial charge in [-0.3, -0.25) is 14.9 Å². The van der Waals surface area contributed by atoms with Crippen LogP contribution in [0.4, 0.5) is 15.8 Å². The van der Waals surface area contributed by atoms with Gasteiger partial charge >= 0.3 is 0 Å². The fraction of sp³-hybridized carbons (Fsp3) is 0.500. The maximum Gasteiger partial charge on any atom is 0.292 e. The van der Waals surface area contributed by atoms with Gasteiger partial charge in [0.25, 0.3) is 5.69 Å². The van der Waals surface area contributed by atoms with Crippen LogP contribution in [-0.2, 0) is 4.79 Å². The molecule has 1 aliphatic heterocycles. The van der Waals surface area contributed by atoms with Crippen molar-refractivity contribution in [3.8, 4) is 0 Å². The number of nitro benzene ring substituents is 1. The number of carbonyl (C=O) groups is 1. The van der Waals surface area contributed by atoms with Crippen LogP contribution in [0.1, 0.15) is 25.7 Å². The van der Waals surface area contributed by atoms with E-state index in [0.717, 1.165) is 37.5 Å². The molecule has 0 radical (unpaired) electrons. The first kappa shape index (κ1) is 13.8. The monoisotopic (exact) mass is 293 g/mol. The van der Waals surface area contributed by atoms with E-state index in [-0.39, 0.29) is 23.3 Å². The quantitative estimate of drug-likeness (QED) is 0.680. The van der Waals surface area contributed by atoms with Gasteiger partial charge in [-0.25, -0.2) is 4.39 Å². The topological polar surface area (TPSA) is 75.5 Å². The molecule has 0 aromatic heterocycles. The van der Waals surface area contributed by atoms with Crippen molar-refractivity contribution in [2.24, 2.45) is 0 Å². The molecule has 1 saturated carbocycles. The number of nitro groups is 1. The Morgan fingerprint density at radius 1 is 1.38 bits per heavy atom. The molecule has 3 rings (SSSR count). The lowest BCUT2D eigenvalue weighted by Crippen LogP contribution is -2.44. The first-order valence-corrected chi connectivity index (χ1v) is 7.07. The van der Waals surface area contributed by atoms with Crippen molar-refractivity contribution in [2.75, 3.05) is 11.4 Å². The minimum atomic E-state index is -0.539. The van der Waals surface area contributed by atoms with E-state index in [1.807, 2.05) is 0 Å². The zero-order valence-corrected chi connectivity index (χ0v) is 11.4. The molecule has 1 saturated heterocycles. The lowest BCUT2D eigenvalue weighted by molar-refractivity contribution is -0.384. The van der Waals surface area contributed by atoms with E-state index in [2.05, 4.69) is 5.32 Å². The molecular formula is C14H16FN3O3. The summed E-state index contributed by atoms with van der Waals surface area (Å²) in [6, 6.07) is 3.14. The molecule has 1 N–H and O–H groups in total. The molecule has 6 nitrogen and oxygen atoms in total. The summed E-state index contributed by atoms with van der Waals surface area (Å²) >= 11 is 0. The van der Waals surface area contributed by atoms with Gasteiger partial charge in [0.15, 0.2) is 0 Å². The number of anilines is 1. The predicted octanol–water partition coefficient (Wildman–Crippen LogP) is 1.98. The summed E-state index contributed by atoms with van der Waals surface area (Å²) in [6.45, 7) is 0.521. The van der Waals surface area contributed by atoms with Crippen molar-refractivity contribution in [3.05, 3.63) is 34.1 Å². The van der Waals surface area contributed by atoms with E-state index < -0.39 is 16.8 Å². The number of carbonyl (C=O) groups excluding carboxylic acids is 1. The molecule has 1 aromatic carbocycles. The molecule has 21 heavy (non-hydrogen) atoms. The maximum atomic E-state index is 13.5. The van der Waals surface area contributed by atoms with Gasteiger partial charge < -0.3 is 10.2 Å². The van der Waals surface area contributed by atoms with Crippen LogP contribution in [-0.4, -0.2) is 29.5 Å². The molecular weight excluding hydrogens is 277 g/mol. The molecule has 1 aromatic rings. The van der Waals surface area contributed by atoms with E-state index in [1.54, 1.807) is 4.90 Å². The van der Waals surface area contributed by atoms with Crippen molar-refractivity contribution >= 4 is 17.3 Å². The number of hydrogen-bond acceptors (Lipinski definition) is 4. The fourth-order valence-electron chi connectivity index (χ4n) is 2.73. The van der Waals surface area contributed by atoms with Gasteiger partial charge in [-0.05, 0) is 31.7 Å². The molecule has 0 bridgehead atoms. The van der Waals surface area contributed by atoms with Gasteiger partial charge in [0.05, 0.1) is 4.92 Å². The first-order valence-electron chi connectivity index (χ1n) is 7.07. The second-order valence-electron chi connectivity index (χ2n) is 5.52. The van der Waals surface area contributed by atoms with Gasteiger partial charge in [-0.1, -0.05) is 0 Å². The number of halogens is 1. The SMILES string of the molecule is O=C(NC1CC1)C1CCCN1c1cc(F)ccc1[N+](=O)[O-]. The van der Waals surface area contributed by atoms with Crippen molar-refractivity contribution in [1.29, 1.82) is 0 Å². The number of nitrogens with one attached hydrogen (secondary N) is 1. The highest BCUT2D eigenvalue weighted by atomic mass is 19.1. The number of rotatable bonds is 4. The molecule has 112 valence electrons. The molecule has 2 fully saturated rings. The Labute approximate surface area is 121 Å². The maximum absolute atomic E-state index is 13.5. The van der Waals surface area contributed by atoms with E-state index in [9.17, 15) is 19.3 Å². The summed E-state index contributed by atoms with van der Waals surface area (Å²) in [5.41, 5.74) is 0.0240. The summed E-state index contributed by atoms with van der Waals surface area (Å²) in [5, 5.41) is 14.0. The summed E-state index contributed by atoms with van der Waals surface area (Å²) in [6.07, 6.45) is 3.36. The molecule has 1 aliphatic carbocycles. The van der Waals surface area contributed by atoms with Crippen molar-refractivity contribution in [2.45, 2.75) is 37.8 Å². The highest BCUT2D eigenvalue weighted by Gasteiger charge is 2.36. The molecule has 0 spiro atoms. The Bertz CT molecular complexity index is 589. The Morgan fingerprint density at radius 2 is 2.14 bits per heavy atom. The third-order valence-corrected chi connectivity index (χ3v) is 3.92. The zero-order chi connectivity index (χ0) is 15.0. The van der Waals surface area contributed by atoms with Crippen LogP contribution in [0.5, 0.6) is 0 Å². The van der Waals surface area contributed by atoms with Gasteiger partial charge in [-0.2, -0.15) is 0 Å². The van der Waals surface area contributed by atoms with Crippen LogP contribution in [0, 0.1) is 15.9 Å². The average molecular weight is 293 g/mol. The van der Waals surface area contributed by atoms with Crippen molar-refractivity contribution in [1.82, 2.24) is 5.32 Å². The molecule has 7 heteroatoms. The van der Waals surface area contributed by atoms with Crippen LogP contribution < -0.4 is 10.2 Å². The van der Waals surface area contributed by atoms with Crippen LogP contribution >= 0.6 is 0 Å². The van der Waals surface area contributed by atoms with E-state index in [4.69, 9.17) is 0 Å². The first-order chi connectivity index (χ1) is 10.1. The molecule has 1 heterocycles. The lowest BCUT2D eigenvalue weighted by atomic mass is 10.1. The van der Waals surface area contributed by atoms with Crippen LogP contribution in [0.15, 0.2) is 18.2 Å². The highest BCUT2D eigenvalue weighted by molar-refractivity contribution is 5.87. The van der Waals surface area contributed by atoms with Gasteiger partial charge in [0.1, 0.15) is 17.5 Å². The summed E-state index contributed by atoms with van der Waals surface area (Å²) in [4.78, 5) is 24.5. The summed E-state index contributed by atoms with van der Waals surface area (Å²) < 4.78 is 13.5. The normalized spacial score (nSPS) is 21.4. The number of benzene rings is 1. The third-order valence-electron chi connectivity index (χ3n) is 3.92. The largest absolute Gasteiger partial charge is 0.354 e. The van der Waals surface area contributed by atoms with Crippen molar-refractivity contribution < 1.29 is 14.1 Å². The number of hydrogen-bond donors (Lipinski definition) is 1. The predicted molar refractivity (Wildman–Crippen MR) is 74.6 cm³/mol. The van der Waals surface area contributed by atoms with Crippen LogP contribution in [0.3, 0.4) is 0 Å². The second-order valence-corrected chi connectivity index (χ2v) is 5.52. The Morgan fingerprint density at radius 3 is 2.81 bits per heavy atom. The van der Waals surface area contributed by atoms with Gasteiger partial charge in [-0.15, -0.1) is 0 Å². The molecule has 2 aliphatic rings. The summed E-state index contributed by atoms with van der Waals surface area (Å²) in [5.74, 6) is -0.655. The highest BCUT2D eigenvalue weighted by Crippen LogP contribution is 2.34. The van der Waals surface area contributed by atoms with E-state index >= 15 is 0 Å². The minimum absolute atomic E-state index is 0.117. The summed E-state index contributed by atoms with van der Waals surface area (Å²) in [7, 11) is 0. The molecule has 1 atom stereocenters. The second kappa shape index (κ2) is 5.31. The lowest BCUT2D eigenvalue weighted by Gasteiger charge is -2.25. The minimum Gasteiger partial charge on any atom is -0.354 e. The number of nitrogens with zero attached hydrogens (tertiary/aromatic N) is 2. The van der Waals surface area contributed by atoms with Crippen LogP contribution in [0.25, 0.3) is 0 Å². The molecule has 1 unspecified atom stereocenters. The Hall–Kier alpha value is -2.18. The van der Waals surface area contributed by atoms with E-state index in [1.165, 1.54) is 0 Å². The average Bonchev–Trinajstić information content (AvgIpc) is 3.11. The Kier molecular flexibility index (Phi) is 3.48. The smallest absolute Gasteiger partial charge is 0.292 e. The standard InChI is InChI=1S/C14H16FN3O3/c15-9-3-6-11(18(20)21)13(8-9)17-7-1-2-12(17)14(19)16-10-4-5-10/h3,6,8,10,12H,1-2,4-5,7H2,(H,16,19). The van der Waals surface area contributed by atoms with Gasteiger partial charge in [0.2, 0.25) is 5.91 Å². The van der Waals surface area contributed by atoms with E-state index in [0.29, 0.717) is 13.0 Å². The van der Waals surface area contributed by atoms with Gasteiger partial charge in [0, 0.05) is 24.7 Å². The van der Waals surface area contributed by atoms with Crippen LogP contribution in [0.2, 0.25) is 0 Å².